The number of benzene rings is 2. The first-order chi connectivity index (χ1) is 14.5. The first kappa shape index (κ1) is 21.1. The minimum atomic E-state index is -2.96. The van der Waals surface area contributed by atoms with Gasteiger partial charge in [-0.3, -0.25) is 4.79 Å². The number of amides is 1. The predicted molar refractivity (Wildman–Crippen MR) is 106 cm³/mol. The third kappa shape index (κ3) is 5.05. The smallest absolute Gasteiger partial charge is 0.387 e. The van der Waals surface area contributed by atoms with Gasteiger partial charge in [0.05, 0.1) is 26.1 Å². The number of nitrogens with one attached hydrogen (secondary N) is 1. The molecule has 9 heteroatoms. The van der Waals surface area contributed by atoms with Gasteiger partial charge >= 0.3 is 6.61 Å². The van der Waals surface area contributed by atoms with Gasteiger partial charge in [-0.25, -0.2) is 4.68 Å². The van der Waals surface area contributed by atoms with Crippen LogP contribution in [0.15, 0.2) is 54.7 Å². The third-order valence-corrected chi connectivity index (χ3v) is 4.28. The molecule has 0 atom stereocenters. The van der Waals surface area contributed by atoms with Gasteiger partial charge in [0.25, 0.3) is 5.91 Å². The summed E-state index contributed by atoms with van der Waals surface area (Å²) in [6.45, 7) is -2.69. The van der Waals surface area contributed by atoms with Crippen LogP contribution in [-0.2, 0) is 6.42 Å². The van der Waals surface area contributed by atoms with Crippen molar-refractivity contribution >= 4 is 5.91 Å². The number of carbonyl (C=O) groups excluding carboxylic acids is 1. The van der Waals surface area contributed by atoms with Crippen molar-refractivity contribution in [2.75, 3.05) is 20.8 Å². The number of halogens is 2. The Labute approximate surface area is 172 Å². The van der Waals surface area contributed by atoms with Crippen LogP contribution in [0.3, 0.4) is 0 Å². The summed E-state index contributed by atoms with van der Waals surface area (Å²) in [6.07, 6.45) is 2.03. The molecule has 2 aromatic carbocycles. The lowest BCUT2D eigenvalue weighted by molar-refractivity contribution is -0.0512. The first-order valence-corrected chi connectivity index (χ1v) is 9.11. The zero-order valence-electron chi connectivity index (χ0n) is 16.5. The molecule has 3 aromatic rings. The number of alkyl halides is 2. The van der Waals surface area contributed by atoms with E-state index >= 15 is 0 Å². The zero-order chi connectivity index (χ0) is 21.5. The lowest BCUT2D eigenvalue weighted by Gasteiger charge is -2.11. The highest BCUT2D eigenvalue weighted by molar-refractivity contribution is 5.94. The quantitative estimate of drug-likeness (QED) is 0.577. The molecule has 0 fully saturated rings. The standard InChI is InChI=1S/C21H21F2N3O4/c1-28-16-9-8-14(12-17(16)30-21(22)23)10-11-24-20(27)19-18(29-2)13-26(25-19)15-6-4-3-5-7-15/h3-9,12-13,21H,10-11H2,1-2H3,(H,24,27). The van der Waals surface area contributed by atoms with Gasteiger partial charge in [-0.15, -0.1) is 0 Å². The van der Waals surface area contributed by atoms with Crippen LogP contribution in [0.2, 0.25) is 0 Å². The molecule has 0 spiro atoms. The number of carbonyl (C=O) groups is 1. The van der Waals surface area contributed by atoms with E-state index in [1.807, 2.05) is 30.3 Å². The molecule has 0 aliphatic carbocycles. The van der Waals surface area contributed by atoms with E-state index in [2.05, 4.69) is 15.2 Å². The van der Waals surface area contributed by atoms with E-state index in [1.54, 1.807) is 23.0 Å². The first-order valence-electron chi connectivity index (χ1n) is 9.11. The van der Waals surface area contributed by atoms with Crippen molar-refractivity contribution in [2.45, 2.75) is 13.0 Å². The van der Waals surface area contributed by atoms with Crippen molar-refractivity contribution in [3.63, 3.8) is 0 Å². The van der Waals surface area contributed by atoms with E-state index < -0.39 is 12.5 Å². The highest BCUT2D eigenvalue weighted by atomic mass is 19.3. The van der Waals surface area contributed by atoms with E-state index in [4.69, 9.17) is 9.47 Å². The second-order valence-corrected chi connectivity index (χ2v) is 6.20. The van der Waals surface area contributed by atoms with Gasteiger partial charge in [0.1, 0.15) is 0 Å². The molecule has 1 aromatic heterocycles. The van der Waals surface area contributed by atoms with E-state index in [1.165, 1.54) is 20.3 Å². The molecule has 1 heterocycles. The number of hydrogen-bond donors (Lipinski definition) is 1. The Morgan fingerprint density at radius 1 is 1.07 bits per heavy atom. The SMILES string of the molecule is COc1ccc(CCNC(=O)c2nn(-c3ccccc3)cc2OC)cc1OC(F)F. The molecule has 0 aliphatic heterocycles. The Morgan fingerprint density at radius 3 is 2.47 bits per heavy atom. The third-order valence-electron chi connectivity index (χ3n) is 4.28. The molecular weight excluding hydrogens is 396 g/mol. The molecule has 30 heavy (non-hydrogen) atoms. The van der Waals surface area contributed by atoms with Crippen molar-refractivity contribution in [1.82, 2.24) is 15.1 Å². The molecule has 3 rings (SSSR count). The van der Waals surface area contributed by atoms with Gasteiger partial charge < -0.3 is 19.5 Å². The zero-order valence-corrected chi connectivity index (χ0v) is 16.5. The van der Waals surface area contributed by atoms with Crippen LogP contribution in [0, 0.1) is 0 Å². The van der Waals surface area contributed by atoms with Crippen molar-refractivity contribution in [3.8, 4) is 22.9 Å². The largest absolute Gasteiger partial charge is 0.493 e. The molecule has 0 saturated heterocycles. The summed E-state index contributed by atoms with van der Waals surface area (Å²) in [5.41, 5.74) is 1.64. The predicted octanol–water partition coefficient (Wildman–Crippen LogP) is 3.46. The molecule has 0 saturated carbocycles. The number of ether oxygens (including phenoxy) is 3. The number of hydrogen-bond acceptors (Lipinski definition) is 5. The van der Waals surface area contributed by atoms with Crippen LogP contribution < -0.4 is 19.5 Å². The highest BCUT2D eigenvalue weighted by Gasteiger charge is 2.18. The van der Waals surface area contributed by atoms with Crippen LogP contribution in [-0.4, -0.2) is 43.1 Å². The maximum Gasteiger partial charge on any atom is 0.387 e. The molecular formula is C21H21F2N3O4. The Hall–Kier alpha value is -3.62. The highest BCUT2D eigenvalue weighted by Crippen LogP contribution is 2.29. The number of para-hydroxylation sites is 1. The van der Waals surface area contributed by atoms with Gasteiger partial charge in [-0.2, -0.15) is 13.9 Å². The van der Waals surface area contributed by atoms with Crippen LogP contribution in [0.4, 0.5) is 8.78 Å². The van der Waals surface area contributed by atoms with Gasteiger partial charge in [-0.05, 0) is 36.2 Å². The van der Waals surface area contributed by atoms with Crippen LogP contribution in [0.25, 0.3) is 5.69 Å². The summed E-state index contributed by atoms with van der Waals surface area (Å²) in [4.78, 5) is 12.6. The second-order valence-electron chi connectivity index (χ2n) is 6.20. The van der Waals surface area contributed by atoms with Crippen LogP contribution in [0.5, 0.6) is 17.2 Å². The summed E-state index contributed by atoms with van der Waals surface area (Å²) >= 11 is 0. The fourth-order valence-electron chi connectivity index (χ4n) is 2.85. The van der Waals surface area contributed by atoms with Gasteiger partial charge in [0, 0.05) is 6.54 Å². The summed E-state index contributed by atoms with van der Waals surface area (Å²) < 4.78 is 41.4. The molecule has 158 valence electrons. The van der Waals surface area contributed by atoms with Crippen molar-refractivity contribution < 1.29 is 27.8 Å². The summed E-state index contributed by atoms with van der Waals surface area (Å²) in [5.74, 6) is 0.0893. The van der Waals surface area contributed by atoms with Gasteiger partial charge in [0.2, 0.25) is 0 Å². The Bertz CT molecular complexity index is 993. The molecule has 0 bridgehead atoms. The molecule has 7 nitrogen and oxygen atoms in total. The topological polar surface area (TPSA) is 74.6 Å². The minimum absolute atomic E-state index is 0.0559. The summed E-state index contributed by atoms with van der Waals surface area (Å²) in [5, 5.41) is 7.07. The lowest BCUT2D eigenvalue weighted by Crippen LogP contribution is -2.26. The van der Waals surface area contributed by atoms with E-state index in [0.717, 1.165) is 5.69 Å². The lowest BCUT2D eigenvalue weighted by atomic mass is 10.1. The number of rotatable bonds is 9. The Kier molecular flexibility index (Phi) is 6.84. The maximum absolute atomic E-state index is 12.6. The monoisotopic (exact) mass is 417 g/mol. The van der Waals surface area contributed by atoms with Gasteiger partial charge in [0.15, 0.2) is 22.9 Å². The van der Waals surface area contributed by atoms with E-state index in [9.17, 15) is 13.6 Å². The summed E-state index contributed by atoms with van der Waals surface area (Å²) in [7, 11) is 2.83. The van der Waals surface area contributed by atoms with Crippen molar-refractivity contribution in [1.29, 1.82) is 0 Å². The van der Waals surface area contributed by atoms with E-state index in [-0.39, 0.29) is 23.7 Å². The average Bonchev–Trinajstić information content (AvgIpc) is 3.19. The van der Waals surface area contributed by atoms with E-state index in [0.29, 0.717) is 17.7 Å². The second kappa shape index (κ2) is 9.73. The van der Waals surface area contributed by atoms with Crippen LogP contribution in [0.1, 0.15) is 16.1 Å². The fraction of sp³-hybridized carbons (Fsp3) is 0.238. The fourth-order valence-corrected chi connectivity index (χ4v) is 2.85. The minimum Gasteiger partial charge on any atom is -0.493 e. The molecule has 0 aliphatic rings. The average molecular weight is 417 g/mol. The molecule has 1 amide bonds. The maximum atomic E-state index is 12.6. The van der Waals surface area contributed by atoms with Crippen molar-refractivity contribution in [3.05, 3.63) is 66.0 Å². The molecule has 0 unspecified atom stereocenters. The number of methoxy groups -OCH3 is 2. The summed E-state index contributed by atoms with van der Waals surface area (Å²) in [6, 6.07) is 14.0. The van der Waals surface area contributed by atoms with Gasteiger partial charge in [-0.1, -0.05) is 24.3 Å². The normalized spacial score (nSPS) is 10.7. The Balaban J connectivity index is 1.66. The molecule has 0 radical (unpaired) electrons. The Morgan fingerprint density at radius 2 is 1.80 bits per heavy atom. The molecule has 1 N–H and O–H groups in total. The van der Waals surface area contributed by atoms with Crippen LogP contribution >= 0.6 is 0 Å². The number of nitrogens with zero attached hydrogens (tertiary/aromatic N) is 2. The number of aromatic nitrogens is 2. The van der Waals surface area contributed by atoms with Crippen molar-refractivity contribution in [2.24, 2.45) is 0 Å².